The van der Waals surface area contributed by atoms with Crippen LogP contribution in [0, 0.1) is 5.41 Å². The van der Waals surface area contributed by atoms with Gasteiger partial charge in [-0.1, -0.05) is 30.3 Å². The Labute approximate surface area is 206 Å². The van der Waals surface area contributed by atoms with Crippen LogP contribution in [-0.4, -0.2) is 95.8 Å². The zero-order valence-corrected chi connectivity index (χ0v) is 20.7. The van der Waals surface area contributed by atoms with E-state index in [0.717, 1.165) is 31.4 Å². The van der Waals surface area contributed by atoms with Crippen LogP contribution in [0.15, 0.2) is 30.3 Å². The minimum atomic E-state index is -0.732. The molecule has 2 aliphatic heterocycles. The number of likely N-dealkylation sites (tertiary alicyclic amines) is 1. The summed E-state index contributed by atoms with van der Waals surface area (Å²) >= 11 is 0. The molecule has 2 amide bonds. The maximum atomic E-state index is 13.1. The van der Waals surface area contributed by atoms with Crippen molar-refractivity contribution in [2.24, 2.45) is 5.41 Å². The Bertz CT molecular complexity index is 906. The fraction of sp³-hybridized carbons (Fsp3) is 0.654. The van der Waals surface area contributed by atoms with Crippen LogP contribution >= 0.6 is 0 Å². The van der Waals surface area contributed by atoms with Gasteiger partial charge < -0.3 is 29.3 Å². The van der Waals surface area contributed by atoms with Crippen molar-refractivity contribution >= 4 is 18.0 Å². The standard InChI is InChI=1S/C26H37N3O6/c1-19-16-29(23(31)9-14-28(19)25(33)35-18-20-6-4-3-5-7-20)21(24(32)34-2)8-13-27-15-12-26(10-11-26)22(30)17-27/h3-7,19,21-22,30H,8-18H2,1-2H3/t19-,21+,22-/m1/s1. The number of ether oxygens (including phenoxy) is 2. The molecule has 2 saturated heterocycles. The Morgan fingerprint density at radius 2 is 1.89 bits per heavy atom. The number of β-amino-alcohol motifs (C(OH)–C–C–N with tert-alkyl or cyclic N) is 1. The molecule has 9 heteroatoms. The van der Waals surface area contributed by atoms with E-state index in [-0.39, 0.29) is 49.6 Å². The Kier molecular flexibility index (Phi) is 7.96. The second-order valence-electron chi connectivity index (χ2n) is 10.1. The van der Waals surface area contributed by atoms with Crippen LogP contribution in [0.3, 0.4) is 0 Å². The molecule has 9 nitrogen and oxygen atoms in total. The summed E-state index contributed by atoms with van der Waals surface area (Å²) in [7, 11) is 1.33. The molecular weight excluding hydrogens is 450 g/mol. The lowest BCUT2D eigenvalue weighted by Gasteiger charge is -2.38. The van der Waals surface area contributed by atoms with Crippen LogP contribution in [0.1, 0.15) is 44.6 Å². The smallest absolute Gasteiger partial charge is 0.410 e. The number of nitrogens with zero attached hydrogens (tertiary/aromatic N) is 3. The largest absolute Gasteiger partial charge is 0.467 e. The second kappa shape index (κ2) is 11.0. The van der Waals surface area contributed by atoms with Crippen molar-refractivity contribution in [1.82, 2.24) is 14.7 Å². The van der Waals surface area contributed by atoms with Crippen molar-refractivity contribution in [3.63, 3.8) is 0 Å². The molecule has 0 bridgehead atoms. The van der Waals surface area contributed by atoms with Crippen molar-refractivity contribution in [1.29, 1.82) is 0 Å². The van der Waals surface area contributed by atoms with E-state index in [1.807, 2.05) is 37.3 Å². The monoisotopic (exact) mass is 487 g/mol. The van der Waals surface area contributed by atoms with Gasteiger partial charge in [-0.3, -0.25) is 4.79 Å². The van der Waals surface area contributed by atoms with Crippen molar-refractivity contribution in [3.05, 3.63) is 35.9 Å². The Hall–Kier alpha value is -2.65. The number of esters is 1. The van der Waals surface area contributed by atoms with E-state index in [9.17, 15) is 19.5 Å². The summed E-state index contributed by atoms with van der Waals surface area (Å²) in [6.07, 6.45) is 2.89. The number of hydrogen-bond acceptors (Lipinski definition) is 7. The Morgan fingerprint density at radius 1 is 1.14 bits per heavy atom. The number of aliphatic hydroxyl groups is 1. The zero-order valence-electron chi connectivity index (χ0n) is 20.7. The number of methoxy groups -OCH3 is 1. The predicted molar refractivity (Wildman–Crippen MR) is 128 cm³/mol. The van der Waals surface area contributed by atoms with Gasteiger partial charge in [-0.05, 0) is 50.1 Å². The first-order valence-electron chi connectivity index (χ1n) is 12.6. The third-order valence-corrected chi connectivity index (χ3v) is 7.84. The molecule has 1 aliphatic carbocycles. The van der Waals surface area contributed by atoms with Crippen molar-refractivity contribution in [2.75, 3.05) is 39.8 Å². The van der Waals surface area contributed by atoms with Crippen LogP contribution in [-0.2, 0) is 25.7 Å². The molecule has 0 unspecified atom stereocenters. The number of hydrogen-bond donors (Lipinski definition) is 1. The van der Waals surface area contributed by atoms with E-state index in [1.54, 1.807) is 9.80 Å². The molecule has 1 spiro atoms. The van der Waals surface area contributed by atoms with Gasteiger partial charge in [0, 0.05) is 38.6 Å². The van der Waals surface area contributed by atoms with Gasteiger partial charge in [0.1, 0.15) is 12.6 Å². The molecule has 2 heterocycles. The van der Waals surface area contributed by atoms with Crippen molar-refractivity contribution < 1.29 is 29.0 Å². The molecule has 3 fully saturated rings. The van der Waals surface area contributed by atoms with Gasteiger partial charge in [-0.25, -0.2) is 9.59 Å². The van der Waals surface area contributed by atoms with Crippen LogP contribution in [0.5, 0.6) is 0 Å². The summed E-state index contributed by atoms with van der Waals surface area (Å²) in [5.41, 5.74) is 1.01. The van der Waals surface area contributed by atoms with Gasteiger partial charge in [0.25, 0.3) is 0 Å². The molecule has 0 aromatic heterocycles. The fourth-order valence-corrected chi connectivity index (χ4v) is 5.31. The molecule has 1 N–H and O–H groups in total. The quantitative estimate of drug-likeness (QED) is 0.588. The van der Waals surface area contributed by atoms with Gasteiger partial charge in [-0.2, -0.15) is 0 Å². The number of amides is 2. The Morgan fingerprint density at radius 3 is 2.54 bits per heavy atom. The first-order chi connectivity index (χ1) is 16.8. The van der Waals surface area contributed by atoms with Crippen molar-refractivity contribution in [3.8, 4) is 0 Å². The highest BCUT2D eigenvalue weighted by atomic mass is 16.6. The van der Waals surface area contributed by atoms with Crippen LogP contribution in [0.4, 0.5) is 4.79 Å². The van der Waals surface area contributed by atoms with E-state index >= 15 is 0 Å². The van der Waals surface area contributed by atoms with Crippen LogP contribution < -0.4 is 0 Å². The van der Waals surface area contributed by atoms with Gasteiger partial charge in [0.15, 0.2) is 0 Å². The second-order valence-corrected chi connectivity index (χ2v) is 10.1. The highest BCUT2D eigenvalue weighted by Crippen LogP contribution is 2.53. The molecule has 1 aromatic rings. The number of carbonyl (C=O) groups is 3. The van der Waals surface area contributed by atoms with E-state index in [0.29, 0.717) is 19.5 Å². The van der Waals surface area contributed by atoms with Gasteiger partial charge in [-0.15, -0.1) is 0 Å². The molecule has 0 radical (unpaired) electrons. The summed E-state index contributed by atoms with van der Waals surface area (Å²) in [6, 6.07) is 8.39. The first kappa shape index (κ1) is 25.4. The topological polar surface area (TPSA) is 99.6 Å². The summed E-state index contributed by atoms with van der Waals surface area (Å²) in [6.45, 7) is 4.56. The number of aliphatic hydroxyl groups excluding tert-OH is 1. The van der Waals surface area contributed by atoms with Crippen LogP contribution in [0.2, 0.25) is 0 Å². The first-order valence-corrected chi connectivity index (χ1v) is 12.6. The highest BCUT2D eigenvalue weighted by molar-refractivity contribution is 5.85. The minimum absolute atomic E-state index is 0.114. The average molecular weight is 488 g/mol. The SMILES string of the molecule is COC(=O)[C@H](CCN1CCC2(CC2)[C@H](O)C1)N1C[C@@H](C)N(C(=O)OCc2ccccc2)CCC1=O. The molecule has 4 rings (SSSR count). The number of carbonyl (C=O) groups excluding carboxylic acids is 3. The molecule has 35 heavy (non-hydrogen) atoms. The number of piperidine rings is 1. The minimum Gasteiger partial charge on any atom is -0.467 e. The van der Waals surface area contributed by atoms with Crippen LogP contribution in [0.25, 0.3) is 0 Å². The molecule has 1 aromatic carbocycles. The average Bonchev–Trinajstić information content (AvgIpc) is 3.66. The van der Waals surface area contributed by atoms with E-state index in [2.05, 4.69) is 4.90 Å². The maximum Gasteiger partial charge on any atom is 0.410 e. The number of rotatable bonds is 7. The summed E-state index contributed by atoms with van der Waals surface area (Å²) < 4.78 is 10.5. The summed E-state index contributed by atoms with van der Waals surface area (Å²) in [5.74, 6) is -0.636. The van der Waals surface area contributed by atoms with E-state index in [1.165, 1.54) is 7.11 Å². The molecule has 192 valence electrons. The third-order valence-electron chi connectivity index (χ3n) is 7.84. The van der Waals surface area contributed by atoms with Gasteiger partial charge >= 0.3 is 12.1 Å². The molecular formula is C26H37N3O6. The summed E-state index contributed by atoms with van der Waals surface area (Å²) in [5, 5.41) is 10.5. The van der Waals surface area contributed by atoms with Crippen molar-refractivity contribution in [2.45, 2.75) is 63.8 Å². The predicted octanol–water partition coefficient (Wildman–Crippen LogP) is 2.02. The lowest BCUT2D eigenvalue weighted by molar-refractivity contribution is -0.153. The molecule has 3 atom stereocenters. The normalized spacial score (nSPS) is 25.2. The van der Waals surface area contributed by atoms with E-state index in [4.69, 9.17) is 9.47 Å². The zero-order chi connectivity index (χ0) is 25.0. The fourth-order valence-electron chi connectivity index (χ4n) is 5.31. The van der Waals surface area contributed by atoms with E-state index < -0.39 is 18.1 Å². The summed E-state index contributed by atoms with van der Waals surface area (Å²) in [4.78, 5) is 43.8. The number of benzene rings is 1. The maximum absolute atomic E-state index is 13.1. The highest BCUT2D eigenvalue weighted by Gasteiger charge is 2.51. The third kappa shape index (κ3) is 5.95. The molecule has 3 aliphatic rings. The molecule has 1 saturated carbocycles. The lowest BCUT2D eigenvalue weighted by Crippen LogP contribution is -2.51. The van der Waals surface area contributed by atoms with Gasteiger partial charge in [0.2, 0.25) is 5.91 Å². The van der Waals surface area contributed by atoms with Gasteiger partial charge in [0.05, 0.1) is 13.2 Å². The Balaban J connectivity index is 1.36. The lowest BCUT2D eigenvalue weighted by atomic mass is 9.90.